The summed E-state index contributed by atoms with van der Waals surface area (Å²) in [6.45, 7) is 1.53. The van der Waals surface area contributed by atoms with Crippen LogP contribution in [0.2, 0.25) is 0 Å². The lowest BCUT2D eigenvalue weighted by Crippen LogP contribution is -2.21. The number of amides is 1. The van der Waals surface area contributed by atoms with Crippen LogP contribution in [0.3, 0.4) is 0 Å². The fraction of sp³-hybridized carbons (Fsp3) is 0.143. The Morgan fingerprint density at radius 2 is 1.74 bits per heavy atom. The summed E-state index contributed by atoms with van der Waals surface area (Å²) >= 11 is 0. The Morgan fingerprint density at radius 1 is 1.04 bits per heavy atom. The summed E-state index contributed by atoms with van der Waals surface area (Å²) in [5.74, 6) is -0.447. The number of ether oxygens (including phenoxy) is 2. The van der Waals surface area contributed by atoms with E-state index in [1.165, 1.54) is 7.11 Å². The molecule has 27 heavy (non-hydrogen) atoms. The Hall–Kier alpha value is -3.54. The number of carbonyl (C=O) groups is 2. The zero-order chi connectivity index (χ0) is 19.2. The number of carbonyl (C=O) groups excluding carboxylic acids is 2. The third-order valence-electron chi connectivity index (χ3n) is 3.97. The van der Waals surface area contributed by atoms with Crippen LogP contribution in [0.25, 0.3) is 5.69 Å². The van der Waals surface area contributed by atoms with Crippen LogP contribution < -0.4 is 10.1 Å². The third kappa shape index (κ3) is 4.55. The standard InChI is InChI=1S/C21H20N2O4/c1-15-5-10-19(26-2)18(13-15)22-20(24)14-27-21(25)16-6-8-17(9-7-16)23-11-3-4-12-23/h3-13H,14H2,1-2H3,(H,22,24). The van der Waals surface area contributed by atoms with Crippen molar-refractivity contribution in [2.45, 2.75) is 6.92 Å². The van der Waals surface area contributed by atoms with E-state index >= 15 is 0 Å². The molecular weight excluding hydrogens is 344 g/mol. The highest BCUT2D eigenvalue weighted by Gasteiger charge is 2.12. The fourth-order valence-corrected chi connectivity index (χ4v) is 2.60. The van der Waals surface area contributed by atoms with Crippen molar-refractivity contribution < 1.29 is 19.1 Å². The summed E-state index contributed by atoms with van der Waals surface area (Å²) in [4.78, 5) is 24.2. The van der Waals surface area contributed by atoms with Gasteiger partial charge in [-0.25, -0.2) is 4.79 Å². The van der Waals surface area contributed by atoms with Gasteiger partial charge in [0.1, 0.15) is 5.75 Å². The Bertz CT molecular complexity index is 931. The Morgan fingerprint density at radius 3 is 2.41 bits per heavy atom. The maximum absolute atomic E-state index is 12.1. The molecule has 2 aromatic carbocycles. The first-order valence-corrected chi connectivity index (χ1v) is 8.42. The minimum absolute atomic E-state index is 0.380. The van der Waals surface area contributed by atoms with Gasteiger partial charge in [0, 0.05) is 18.1 Å². The van der Waals surface area contributed by atoms with Crippen molar-refractivity contribution in [1.82, 2.24) is 4.57 Å². The second kappa shape index (κ2) is 8.23. The smallest absolute Gasteiger partial charge is 0.338 e. The molecule has 0 aliphatic heterocycles. The summed E-state index contributed by atoms with van der Waals surface area (Å²) in [5, 5.41) is 2.69. The van der Waals surface area contributed by atoms with Gasteiger partial charge in [-0.05, 0) is 61.0 Å². The summed E-state index contributed by atoms with van der Waals surface area (Å²) in [6.07, 6.45) is 3.83. The van der Waals surface area contributed by atoms with E-state index in [1.807, 2.05) is 54.2 Å². The van der Waals surface area contributed by atoms with E-state index < -0.39 is 11.9 Å². The predicted octanol–water partition coefficient (Wildman–Crippen LogP) is 3.59. The molecule has 0 aliphatic rings. The van der Waals surface area contributed by atoms with Crippen LogP contribution in [0.4, 0.5) is 5.69 Å². The van der Waals surface area contributed by atoms with Crippen molar-refractivity contribution in [3.63, 3.8) is 0 Å². The predicted molar refractivity (Wildman–Crippen MR) is 102 cm³/mol. The first-order chi connectivity index (χ1) is 13.1. The lowest BCUT2D eigenvalue weighted by molar-refractivity contribution is -0.119. The lowest BCUT2D eigenvalue weighted by Gasteiger charge is -2.11. The van der Waals surface area contributed by atoms with Gasteiger partial charge in [0.05, 0.1) is 18.4 Å². The number of anilines is 1. The van der Waals surface area contributed by atoms with Gasteiger partial charge in [0.2, 0.25) is 0 Å². The van der Waals surface area contributed by atoms with Crippen molar-refractivity contribution in [2.24, 2.45) is 0 Å². The van der Waals surface area contributed by atoms with Crippen LogP contribution in [-0.2, 0) is 9.53 Å². The summed E-state index contributed by atoms with van der Waals surface area (Å²) in [6, 6.07) is 16.2. The highest BCUT2D eigenvalue weighted by Crippen LogP contribution is 2.25. The van der Waals surface area contributed by atoms with Crippen molar-refractivity contribution in [3.05, 3.63) is 78.1 Å². The Balaban J connectivity index is 1.57. The van der Waals surface area contributed by atoms with E-state index in [4.69, 9.17) is 9.47 Å². The molecule has 138 valence electrons. The summed E-state index contributed by atoms with van der Waals surface area (Å²) < 4.78 is 12.2. The highest BCUT2D eigenvalue weighted by molar-refractivity contribution is 5.96. The molecular formula is C21H20N2O4. The molecule has 0 atom stereocenters. The van der Waals surface area contributed by atoms with Crippen molar-refractivity contribution in [3.8, 4) is 11.4 Å². The van der Waals surface area contributed by atoms with Gasteiger partial charge in [0.15, 0.2) is 6.61 Å². The van der Waals surface area contributed by atoms with E-state index in [9.17, 15) is 9.59 Å². The van der Waals surface area contributed by atoms with Gasteiger partial charge in [-0.2, -0.15) is 0 Å². The van der Waals surface area contributed by atoms with Crippen LogP contribution in [0.15, 0.2) is 67.0 Å². The molecule has 0 aliphatic carbocycles. The molecule has 0 fully saturated rings. The van der Waals surface area contributed by atoms with E-state index in [-0.39, 0.29) is 6.61 Å². The maximum atomic E-state index is 12.1. The zero-order valence-electron chi connectivity index (χ0n) is 15.1. The number of nitrogens with one attached hydrogen (secondary N) is 1. The van der Waals surface area contributed by atoms with Crippen molar-refractivity contribution >= 4 is 17.6 Å². The van der Waals surface area contributed by atoms with Gasteiger partial charge in [-0.1, -0.05) is 6.07 Å². The maximum Gasteiger partial charge on any atom is 0.338 e. The fourth-order valence-electron chi connectivity index (χ4n) is 2.60. The highest BCUT2D eigenvalue weighted by atomic mass is 16.5. The van der Waals surface area contributed by atoms with E-state index in [0.717, 1.165) is 11.3 Å². The average Bonchev–Trinajstić information content (AvgIpc) is 3.21. The van der Waals surface area contributed by atoms with E-state index in [0.29, 0.717) is 17.0 Å². The van der Waals surface area contributed by atoms with Gasteiger partial charge in [-0.3, -0.25) is 4.79 Å². The first kappa shape index (κ1) is 18.3. The molecule has 0 spiro atoms. The Labute approximate surface area is 157 Å². The molecule has 0 unspecified atom stereocenters. The van der Waals surface area contributed by atoms with Crippen LogP contribution in [0, 0.1) is 6.92 Å². The monoisotopic (exact) mass is 364 g/mol. The van der Waals surface area contributed by atoms with Gasteiger partial charge >= 0.3 is 5.97 Å². The quantitative estimate of drug-likeness (QED) is 0.679. The lowest BCUT2D eigenvalue weighted by atomic mass is 10.2. The number of rotatable bonds is 6. The average molecular weight is 364 g/mol. The van der Waals surface area contributed by atoms with Crippen LogP contribution in [0.1, 0.15) is 15.9 Å². The largest absolute Gasteiger partial charge is 0.495 e. The number of hydrogen-bond acceptors (Lipinski definition) is 4. The zero-order valence-corrected chi connectivity index (χ0v) is 15.1. The number of hydrogen-bond donors (Lipinski definition) is 1. The summed E-state index contributed by atoms with van der Waals surface area (Å²) in [7, 11) is 1.53. The molecule has 0 saturated heterocycles. The molecule has 0 radical (unpaired) electrons. The molecule has 6 nitrogen and oxygen atoms in total. The second-order valence-electron chi connectivity index (χ2n) is 5.97. The van der Waals surface area contributed by atoms with Crippen LogP contribution in [0.5, 0.6) is 5.75 Å². The molecule has 3 rings (SSSR count). The first-order valence-electron chi connectivity index (χ1n) is 8.42. The molecule has 1 amide bonds. The summed E-state index contributed by atoms with van der Waals surface area (Å²) in [5.41, 5.74) is 2.83. The minimum atomic E-state index is -0.555. The normalized spacial score (nSPS) is 10.3. The number of nitrogens with zero attached hydrogens (tertiary/aromatic N) is 1. The van der Waals surface area contributed by atoms with E-state index in [1.54, 1.807) is 24.3 Å². The molecule has 1 N–H and O–H groups in total. The number of aryl methyl sites for hydroxylation is 1. The van der Waals surface area contributed by atoms with E-state index in [2.05, 4.69) is 5.32 Å². The molecule has 1 heterocycles. The van der Waals surface area contributed by atoms with Crippen molar-refractivity contribution in [1.29, 1.82) is 0 Å². The SMILES string of the molecule is COc1ccc(C)cc1NC(=O)COC(=O)c1ccc(-n2cccc2)cc1. The second-order valence-corrected chi connectivity index (χ2v) is 5.97. The number of aromatic nitrogens is 1. The van der Waals surface area contributed by atoms with Gasteiger partial charge < -0.3 is 19.4 Å². The number of esters is 1. The number of methoxy groups -OCH3 is 1. The minimum Gasteiger partial charge on any atom is -0.495 e. The molecule has 0 bridgehead atoms. The molecule has 3 aromatic rings. The molecule has 6 heteroatoms. The molecule has 0 saturated carbocycles. The number of benzene rings is 2. The van der Waals surface area contributed by atoms with Crippen molar-refractivity contribution in [2.75, 3.05) is 19.0 Å². The Kier molecular flexibility index (Phi) is 5.56. The topological polar surface area (TPSA) is 69.6 Å². The third-order valence-corrected chi connectivity index (χ3v) is 3.97. The molecule has 1 aromatic heterocycles. The van der Waals surface area contributed by atoms with Gasteiger partial charge in [-0.15, -0.1) is 0 Å². The van der Waals surface area contributed by atoms with Crippen LogP contribution in [-0.4, -0.2) is 30.2 Å². The van der Waals surface area contributed by atoms with Crippen LogP contribution >= 0.6 is 0 Å². The van der Waals surface area contributed by atoms with Gasteiger partial charge in [0.25, 0.3) is 5.91 Å².